The Kier molecular flexibility index (Phi) is 3.05. The minimum Gasteiger partial charge on any atom is -0.339 e. The standard InChI is InChI=1S/C18H15N7O/c1-2-24-16-4-3-11(7-12(16)9-20-24)15-8-17(26)25-18(22-15)13(10-21-25)14-5-6-19-23-14/h3-10,22H,2H2,1H3,(H,19,23). The molecule has 0 saturated carbocycles. The maximum atomic E-state index is 12.5. The molecule has 8 nitrogen and oxygen atoms in total. The third-order valence-electron chi connectivity index (χ3n) is 4.53. The molecule has 0 atom stereocenters. The number of benzene rings is 1. The fourth-order valence-electron chi connectivity index (χ4n) is 3.24. The summed E-state index contributed by atoms with van der Waals surface area (Å²) in [7, 11) is 0. The molecule has 0 amide bonds. The van der Waals surface area contributed by atoms with Crippen LogP contribution in [0.2, 0.25) is 0 Å². The summed E-state index contributed by atoms with van der Waals surface area (Å²) in [6, 6.07) is 9.44. The van der Waals surface area contributed by atoms with E-state index in [1.807, 2.05) is 35.1 Å². The minimum atomic E-state index is -0.195. The summed E-state index contributed by atoms with van der Waals surface area (Å²) < 4.78 is 3.29. The van der Waals surface area contributed by atoms with Crippen LogP contribution in [0.25, 0.3) is 39.1 Å². The van der Waals surface area contributed by atoms with Gasteiger partial charge in [0, 0.05) is 24.2 Å². The van der Waals surface area contributed by atoms with Crippen molar-refractivity contribution in [2.45, 2.75) is 13.5 Å². The number of hydrogen-bond donors (Lipinski definition) is 2. The molecule has 0 aliphatic heterocycles. The highest BCUT2D eigenvalue weighted by atomic mass is 16.1. The van der Waals surface area contributed by atoms with Gasteiger partial charge in [-0.05, 0) is 30.7 Å². The first-order chi connectivity index (χ1) is 12.7. The largest absolute Gasteiger partial charge is 0.339 e. The van der Waals surface area contributed by atoms with Crippen LogP contribution in [0.5, 0.6) is 0 Å². The average Bonchev–Trinajstić information content (AvgIpc) is 3.39. The van der Waals surface area contributed by atoms with E-state index in [0.29, 0.717) is 5.65 Å². The molecule has 8 heteroatoms. The number of H-pyrrole nitrogens is 2. The first-order valence-corrected chi connectivity index (χ1v) is 8.32. The predicted octanol–water partition coefficient (Wildman–Crippen LogP) is 2.45. The summed E-state index contributed by atoms with van der Waals surface area (Å²) in [5.74, 6) is 0. The van der Waals surface area contributed by atoms with Gasteiger partial charge in [0.2, 0.25) is 0 Å². The van der Waals surface area contributed by atoms with Crippen LogP contribution in [0.1, 0.15) is 6.92 Å². The molecule has 2 N–H and O–H groups in total. The fourth-order valence-corrected chi connectivity index (χ4v) is 3.24. The zero-order chi connectivity index (χ0) is 17.7. The molecule has 26 heavy (non-hydrogen) atoms. The second kappa shape index (κ2) is 5.41. The van der Waals surface area contributed by atoms with Crippen LogP contribution in [-0.4, -0.2) is 34.6 Å². The summed E-state index contributed by atoms with van der Waals surface area (Å²) in [5, 5.41) is 16.6. The lowest BCUT2D eigenvalue weighted by atomic mass is 10.1. The van der Waals surface area contributed by atoms with Gasteiger partial charge in [-0.25, -0.2) is 0 Å². The van der Waals surface area contributed by atoms with Gasteiger partial charge in [-0.3, -0.25) is 14.6 Å². The van der Waals surface area contributed by atoms with Crippen LogP contribution < -0.4 is 5.56 Å². The number of aromatic amines is 2. The zero-order valence-corrected chi connectivity index (χ0v) is 14.0. The van der Waals surface area contributed by atoms with Crippen molar-refractivity contribution in [3.8, 4) is 22.5 Å². The van der Waals surface area contributed by atoms with Crippen molar-refractivity contribution in [1.82, 2.24) is 34.6 Å². The highest BCUT2D eigenvalue weighted by Gasteiger charge is 2.13. The average molecular weight is 345 g/mol. The van der Waals surface area contributed by atoms with Crippen molar-refractivity contribution in [3.05, 3.63) is 59.3 Å². The maximum absolute atomic E-state index is 12.5. The maximum Gasteiger partial charge on any atom is 0.274 e. The fraction of sp³-hybridized carbons (Fsp3) is 0.111. The van der Waals surface area contributed by atoms with Gasteiger partial charge in [0.15, 0.2) is 0 Å². The molecule has 5 rings (SSSR count). The first kappa shape index (κ1) is 14.6. The number of rotatable bonds is 3. The van der Waals surface area contributed by atoms with Crippen molar-refractivity contribution in [3.63, 3.8) is 0 Å². The van der Waals surface area contributed by atoms with Crippen LogP contribution in [0, 0.1) is 0 Å². The Hall–Kier alpha value is -3.68. The van der Waals surface area contributed by atoms with E-state index >= 15 is 0 Å². The number of nitrogens with zero attached hydrogens (tertiary/aromatic N) is 5. The van der Waals surface area contributed by atoms with Gasteiger partial charge in [-0.2, -0.15) is 19.8 Å². The van der Waals surface area contributed by atoms with Crippen molar-refractivity contribution in [2.75, 3.05) is 0 Å². The highest BCUT2D eigenvalue weighted by Crippen LogP contribution is 2.25. The Morgan fingerprint density at radius 2 is 2.04 bits per heavy atom. The molecule has 5 aromatic rings. The number of aryl methyl sites for hydroxylation is 1. The summed E-state index contributed by atoms with van der Waals surface area (Å²) >= 11 is 0. The second-order valence-electron chi connectivity index (χ2n) is 6.03. The Balaban J connectivity index is 1.72. The molecule has 0 bridgehead atoms. The van der Waals surface area contributed by atoms with Gasteiger partial charge in [-0.1, -0.05) is 6.07 Å². The van der Waals surface area contributed by atoms with Gasteiger partial charge in [0.25, 0.3) is 5.56 Å². The molecule has 4 aromatic heterocycles. The smallest absolute Gasteiger partial charge is 0.274 e. The summed E-state index contributed by atoms with van der Waals surface area (Å²) in [4.78, 5) is 15.8. The molecule has 1 aromatic carbocycles. The van der Waals surface area contributed by atoms with Crippen LogP contribution in [0.4, 0.5) is 0 Å². The number of fused-ring (bicyclic) bond motifs is 2. The van der Waals surface area contributed by atoms with Gasteiger partial charge in [0.1, 0.15) is 5.65 Å². The Morgan fingerprint density at radius 3 is 2.85 bits per heavy atom. The normalized spacial score (nSPS) is 11.6. The molecule has 0 spiro atoms. The molecule has 128 valence electrons. The third-order valence-corrected chi connectivity index (χ3v) is 4.53. The van der Waals surface area contributed by atoms with E-state index in [-0.39, 0.29) is 5.56 Å². The van der Waals surface area contributed by atoms with Crippen molar-refractivity contribution >= 4 is 16.6 Å². The summed E-state index contributed by atoms with van der Waals surface area (Å²) in [6.07, 6.45) is 5.22. The van der Waals surface area contributed by atoms with Crippen molar-refractivity contribution in [2.24, 2.45) is 0 Å². The number of aromatic nitrogens is 7. The van der Waals surface area contributed by atoms with Crippen molar-refractivity contribution in [1.29, 1.82) is 0 Å². The minimum absolute atomic E-state index is 0.195. The van der Waals surface area contributed by atoms with E-state index in [4.69, 9.17) is 0 Å². The van der Waals surface area contributed by atoms with Crippen LogP contribution in [0.3, 0.4) is 0 Å². The predicted molar refractivity (Wildman–Crippen MR) is 97.8 cm³/mol. The van der Waals surface area contributed by atoms with E-state index in [0.717, 1.165) is 40.0 Å². The van der Waals surface area contributed by atoms with E-state index in [9.17, 15) is 4.79 Å². The quantitative estimate of drug-likeness (QED) is 0.525. The lowest BCUT2D eigenvalue weighted by Crippen LogP contribution is -2.14. The number of nitrogens with one attached hydrogen (secondary N) is 2. The lowest BCUT2D eigenvalue weighted by molar-refractivity contribution is 0.684. The molecular weight excluding hydrogens is 330 g/mol. The van der Waals surface area contributed by atoms with Crippen molar-refractivity contribution < 1.29 is 0 Å². The van der Waals surface area contributed by atoms with Gasteiger partial charge >= 0.3 is 0 Å². The Morgan fingerprint density at radius 1 is 1.12 bits per heavy atom. The molecule has 0 fully saturated rings. The summed E-state index contributed by atoms with van der Waals surface area (Å²) in [6.45, 7) is 2.87. The molecule has 0 saturated heterocycles. The Bertz CT molecular complexity index is 1290. The van der Waals surface area contributed by atoms with Crippen LogP contribution in [0.15, 0.2) is 53.7 Å². The van der Waals surface area contributed by atoms with Crippen LogP contribution >= 0.6 is 0 Å². The molecule has 0 aliphatic carbocycles. The second-order valence-corrected chi connectivity index (χ2v) is 6.03. The van der Waals surface area contributed by atoms with E-state index in [2.05, 4.69) is 32.3 Å². The topological polar surface area (TPSA) is 96.7 Å². The third kappa shape index (κ3) is 2.08. The first-order valence-electron chi connectivity index (χ1n) is 8.32. The molecule has 0 aliphatic rings. The van der Waals surface area contributed by atoms with Gasteiger partial charge in [0.05, 0.1) is 34.9 Å². The van der Waals surface area contributed by atoms with Crippen LogP contribution in [-0.2, 0) is 6.54 Å². The SMILES string of the molecule is CCn1ncc2cc(-c3cc(=O)n4ncc(-c5cc[nH]n5)c4[nH]3)ccc21. The van der Waals surface area contributed by atoms with E-state index in [1.165, 1.54) is 4.52 Å². The van der Waals surface area contributed by atoms with E-state index in [1.54, 1.807) is 18.5 Å². The van der Waals surface area contributed by atoms with E-state index < -0.39 is 0 Å². The van der Waals surface area contributed by atoms with Gasteiger partial charge < -0.3 is 4.98 Å². The lowest BCUT2D eigenvalue weighted by Gasteiger charge is -2.05. The summed E-state index contributed by atoms with van der Waals surface area (Å²) in [5.41, 5.74) is 4.63. The number of hydrogen-bond acceptors (Lipinski definition) is 4. The zero-order valence-electron chi connectivity index (χ0n) is 14.0. The molecule has 0 unspecified atom stereocenters. The monoisotopic (exact) mass is 345 g/mol. The molecule has 4 heterocycles. The molecule has 0 radical (unpaired) electrons. The highest BCUT2D eigenvalue weighted by molar-refractivity contribution is 5.84. The van der Waals surface area contributed by atoms with Gasteiger partial charge in [-0.15, -0.1) is 0 Å². The Labute approximate surface area is 147 Å². The molecular formula is C18H15N7O.